The Labute approximate surface area is 115 Å². The van der Waals surface area contributed by atoms with Gasteiger partial charge in [0.15, 0.2) is 0 Å². The zero-order chi connectivity index (χ0) is 12.7. The number of fused-ring (bicyclic) bond motifs is 1. The highest BCUT2D eigenvalue weighted by Crippen LogP contribution is 2.35. The molecule has 3 rings (SSSR count). The molecule has 2 N–H and O–H groups in total. The number of thiazole rings is 1. The number of rotatable bonds is 1. The molecule has 0 aliphatic rings. The zero-order valence-corrected chi connectivity index (χ0v) is 11.6. The number of aromatic nitrogens is 1. The standard InChI is InChI=1S/C13H8BrFN2S/c14-7-4-5-11-10(6-7)17-13(18-11)8-2-1-3-9(15)12(8)16/h1-6H,16H2. The number of nitrogens with two attached hydrogens (primary N) is 1. The molecule has 2 nitrogen and oxygen atoms in total. The average molecular weight is 323 g/mol. The van der Waals surface area contributed by atoms with Crippen molar-refractivity contribution < 1.29 is 4.39 Å². The second-order valence-corrected chi connectivity index (χ2v) is 5.78. The van der Waals surface area contributed by atoms with E-state index in [1.165, 1.54) is 17.4 Å². The quantitative estimate of drug-likeness (QED) is 0.672. The van der Waals surface area contributed by atoms with Crippen molar-refractivity contribution in [3.05, 3.63) is 46.7 Å². The van der Waals surface area contributed by atoms with Crippen LogP contribution >= 0.6 is 27.3 Å². The zero-order valence-electron chi connectivity index (χ0n) is 9.15. The van der Waals surface area contributed by atoms with Crippen molar-refractivity contribution in [3.63, 3.8) is 0 Å². The third-order valence-electron chi connectivity index (χ3n) is 2.63. The Bertz CT molecular complexity index is 739. The van der Waals surface area contributed by atoms with E-state index in [4.69, 9.17) is 5.73 Å². The summed E-state index contributed by atoms with van der Waals surface area (Å²) in [6.45, 7) is 0. The summed E-state index contributed by atoms with van der Waals surface area (Å²) in [6.07, 6.45) is 0. The number of benzene rings is 2. The van der Waals surface area contributed by atoms with Crippen LogP contribution in [0, 0.1) is 5.82 Å². The van der Waals surface area contributed by atoms with Gasteiger partial charge in [0.25, 0.3) is 0 Å². The Hall–Kier alpha value is -1.46. The van der Waals surface area contributed by atoms with E-state index in [1.54, 1.807) is 12.1 Å². The Kier molecular flexibility index (Phi) is 2.80. The van der Waals surface area contributed by atoms with Crippen LogP contribution in [0.5, 0.6) is 0 Å². The maximum Gasteiger partial charge on any atom is 0.146 e. The van der Waals surface area contributed by atoms with Crippen molar-refractivity contribution in [1.29, 1.82) is 0 Å². The lowest BCUT2D eigenvalue weighted by Crippen LogP contribution is -1.93. The number of para-hydroxylation sites is 1. The van der Waals surface area contributed by atoms with Crippen LogP contribution in [0.1, 0.15) is 0 Å². The van der Waals surface area contributed by atoms with Gasteiger partial charge < -0.3 is 5.73 Å². The van der Waals surface area contributed by atoms with Crippen LogP contribution in [0.3, 0.4) is 0 Å². The largest absolute Gasteiger partial charge is 0.396 e. The lowest BCUT2D eigenvalue weighted by atomic mass is 10.2. The van der Waals surface area contributed by atoms with Crippen LogP contribution in [0.25, 0.3) is 20.8 Å². The second kappa shape index (κ2) is 4.33. The second-order valence-electron chi connectivity index (χ2n) is 3.83. The van der Waals surface area contributed by atoms with Gasteiger partial charge in [0.05, 0.1) is 15.9 Å². The number of nitrogen functional groups attached to an aromatic ring is 1. The van der Waals surface area contributed by atoms with Gasteiger partial charge in [0.2, 0.25) is 0 Å². The van der Waals surface area contributed by atoms with Crippen molar-refractivity contribution in [2.45, 2.75) is 0 Å². The van der Waals surface area contributed by atoms with Crippen LogP contribution in [-0.4, -0.2) is 4.98 Å². The van der Waals surface area contributed by atoms with Gasteiger partial charge in [-0.3, -0.25) is 0 Å². The smallest absolute Gasteiger partial charge is 0.146 e. The first kappa shape index (κ1) is 11.6. The number of hydrogen-bond acceptors (Lipinski definition) is 3. The van der Waals surface area contributed by atoms with Gasteiger partial charge in [-0.05, 0) is 30.3 Å². The predicted molar refractivity (Wildman–Crippen MR) is 77.1 cm³/mol. The first-order chi connectivity index (χ1) is 8.65. The first-order valence-electron chi connectivity index (χ1n) is 5.25. The molecule has 1 heterocycles. The van der Waals surface area contributed by atoms with E-state index in [0.29, 0.717) is 5.56 Å². The number of nitrogens with zero attached hydrogens (tertiary/aromatic N) is 1. The van der Waals surface area contributed by atoms with E-state index < -0.39 is 5.82 Å². The van der Waals surface area contributed by atoms with E-state index in [-0.39, 0.29) is 5.69 Å². The third-order valence-corrected chi connectivity index (χ3v) is 4.20. The van der Waals surface area contributed by atoms with Gasteiger partial charge in [0, 0.05) is 10.0 Å². The van der Waals surface area contributed by atoms with E-state index in [0.717, 1.165) is 19.7 Å². The lowest BCUT2D eigenvalue weighted by molar-refractivity contribution is 0.633. The van der Waals surface area contributed by atoms with Gasteiger partial charge in [-0.15, -0.1) is 11.3 Å². The molecule has 0 amide bonds. The van der Waals surface area contributed by atoms with Gasteiger partial charge in [-0.2, -0.15) is 0 Å². The van der Waals surface area contributed by atoms with Crippen LogP contribution in [0.2, 0.25) is 0 Å². The highest BCUT2D eigenvalue weighted by Gasteiger charge is 2.11. The summed E-state index contributed by atoms with van der Waals surface area (Å²) >= 11 is 4.91. The minimum Gasteiger partial charge on any atom is -0.396 e. The van der Waals surface area contributed by atoms with Gasteiger partial charge >= 0.3 is 0 Å². The van der Waals surface area contributed by atoms with E-state index in [9.17, 15) is 4.39 Å². The molecular formula is C13H8BrFN2S. The summed E-state index contributed by atoms with van der Waals surface area (Å²) in [5.74, 6) is -0.409. The summed E-state index contributed by atoms with van der Waals surface area (Å²) in [7, 11) is 0. The Balaban J connectivity index is 2.22. The Morgan fingerprint density at radius 2 is 2.06 bits per heavy atom. The monoisotopic (exact) mass is 322 g/mol. The van der Waals surface area contributed by atoms with Gasteiger partial charge in [0.1, 0.15) is 10.8 Å². The summed E-state index contributed by atoms with van der Waals surface area (Å²) in [6, 6.07) is 10.6. The molecule has 0 fully saturated rings. The highest BCUT2D eigenvalue weighted by atomic mass is 79.9. The SMILES string of the molecule is Nc1c(F)cccc1-c1nc2cc(Br)ccc2s1. The van der Waals surface area contributed by atoms with Crippen molar-refractivity contribution in [3.8, 4) is 10.6 Å². The fourth-order valence-electron chi connectivity index (χ4n) is 1.74. The summed E-state index contributed by atoms with van der Waals surface area (Å²) < 4.78 is 15.5. The van der Waals surface area contributed by atoms with Gasteiger partial charge in [-0.25, -0.2) is 9.37 Å². The molecule has 1 aromatic heterocycles. The first-order valence-corrected chi connectivity index (χ1v) is 6.86. The predicted octanol–water partition coefficient (Wildman–Crippen LogP) is 4.45. The Morgan fingerprint density at radius 3 is 2.89 bits per heavy atom. The van der Waals surface area contributed by atoms with E-state index >= 15 is 0 Å². The number of anilines is 1. The molecule has 0 aliphatic carbocycles. The van der Waals surface area contributed by atoms with E-state index in [2.05, 4.69) is 20.9 Å². The molecule has 18 heavy (non-hydrogen) atoms. The maximum absolute atomic E-state index is 13.4. The molecule has 0 aliphatic heterocycles. The van der Waals surface area contributed by atoms with Crippen LogP contribution < -0.4 is 5.73 Å². The van der Waals surface area contributed by atoms with E-state index in [1.807, 2.05) is 18.2 Å². The molecule has 0 bridgehead atoms. The molecule has 90 valence electrons. The minimum atomic E-state index is -0.409. The normalized spacial score (nSPS) is 11.0. The summed E-state index contributed by atoms with van der Waals surface area (Å²) in [5.41, 5.74) is 7.43. The van der Waals surface area contributed by atoms with Crippen molar-refractivity contribution in [1.82, 2.24) is 4.98 Å². The molecule has 3 aromatic rings. The Morgan fingerprint density at radius 1 is 1.22 bits per heavy atom. The molecular weight excluding hydrogens is 315 g/mol. The van der Waals surface area contributed by atoms with Crippen molar-refractivity contribution in [2.75, 3.05) is 5.73 Å². The fraction of sp³-hybridized carbons (Fsp3) is 0. The molecule has 0 saturated heterocycles. The maximum atomic E-state index is 13.4. The summed E-state index contributed by atoms with van der Waals surface area (Å²) in [4.78, 5) is 4.49. The molecule has 2 aromatic carbocycles. The van der Waals surface area contributed by atoms with Crippen LogP contribution in [0.4, 0.5) is 10.1 Å². The van der Waals surface area contributed by atoms with Crippen LogP contribution in [0.15, 0.2) is 40.9 Å². The lowest BCUT2D eigenvalue weighted by Gasteiger charge is -2.01. The molecule has 0 spiro atoms. The van der Waals surface area contributed by atoms with Crippen LogP contribution in [-0.2, 0) is 0 Å². The molecule has 5 heteroatoms. The third kappa shape index (κ3) is 1.89. The number of halogens is 2. The molecule has 0 saturated carbocycles. The topological polar surface area (TPSA) is 38.9 Å². The molecule has 0 atom stereocenters. The number of hydrogen-bond donors (Lipinski definition) is 1. The average Bonchev–Trinajstić information content (AvgIpc) is 2.75. The fourth-order valence-corrected chi connectivity index (χ4v) is 3.07. The van der Waals surface area contributed by atoms with Crippen molar-refractivity contribution in [2.24, 2.45) is 0 Å². The minimum absolute atomic E-state index is 0.149. The molecule has 0 unspecified atom stereocenters. The molecule has 0 radical (unpaired) electrons. The van der Waals surface area contributed by atoms with Crippen molar-refractivity contribution >= 4 is 43.2 Å². The highest BCUT2D eigenvalue weighted by molar-refractivity contribution is 9.10. The van der Waals surface area contributed by atoms with Gasteiger partial charge in [-0.1, -0.05) is 22.0 Å². The summed E-state index contributed by atoms with van der Waals surface area (Å²) in [5, 5.41) is 0.736.